The van der Waals surface area contributed by atoms with Gasteiger partial charge >= 0.3 is 11.8 Å². The van der Waals surface area contributed by atoms with E-state index in [-0.39, 0.29) is 17.7 Å². The summed E-state index contributed by atoms with van der Waals surface area (Å²) in [7, 11) is 3.24. The number of aryl methyl sites for hydroxylation is 2. The fourth-order valence-corrected chi connectivity index (χ4v) is 4.42. The monoisotopic (exact) mass is 565 g/mol. The number of aromatic nitrogens is 5. The third-order valence-electron chi connectivity index (χ3n) is 5.07. The molecule has 4 rings (SSSR count). The summed E-state index contributed by atoms with van der Waals surface area (Å²) in [5.74, 6) is 0. The van der Waals surface area contributed by atoms with E-state index in [0.29, 0.717) is 15.9 Å². The second-order valence-electron chi connectivity index (χ2n) is 8.47. The minimum Gasteiger partial charge on any atom is -0.443 e. The molecule has 0 fully saturated rings. The van der Waals surface area contributed by atoms with Gasteiger partial charge in [0.1, 0.15) is 5.60 Å². The van der Waals surface area contributed by atoms with E-state index in [2.05, 4.69) is 36.8 Å². The first-order valence-electron chi connectivity index (χ1n) is 9.74. The number of benzene rings is 1. The van der Waals surface area contributed by atoms with E-state index in [0.717, 1.165) is 14.4 Å². The van der Waals surface area contributed by atoms with E-state index in [1.54, 1.807) is 51.6 Å². The van der Waals surface area contributed by atoms with E-state index in [1.807, 2.05) is 12.1 Å². The Bertz CT molecular complexity index is 1520. The molecule has 0 unspecified atom stereocenters. The summed E-state index contributed by atoms with van der Waals surface area (Å²) in [6.07, 6.45) is -0.588. The number of nitrogens with zero attached hydrogens (tertiary/aromatic N) is 5. The number of ether oxygens (including phenoxy) is 1. The Hall–Kier alpha value is -2.66. The maximum Gasteiger partial charge on any atom is 0.419 e. The molecule has 168 valence electrons. The number of rotatable bonds is 2. The lowest BCUT2D eigenvalue weighted by atomic mass is 10.2. The Labute approximate surface area is 199 Å². The summed E-state index contributed by atoms with van der Waals surface area (Å²) in [6.45, 7) is 5.21. The van der Waals surface area contributed by atoms with Gasteiger partial charge < -0.3 is 9.30 Å². The molecule has 0 saturated carbocycles. The van der Waals surface area contributed by atoms with E-state index in [4.69, 9.17) is 4.74 Å². The van der Waals surface area contributed by atoms with Gasteiger partial charge in [-0.1, -0.05) is 22.0 Å². The molecule has 4 aromatic rings. The number of hydrogen-bond acceptors (Lipinski definition) is 5. The summed E-state index contributed by atoms with van der Waals surface area (Å²) in [5, 5.41) is 0.766. The van der Waals surface area contributed by atoms with Crippen molar-refractivity contribution in [1.82, 2.24) is 23.3 Å². The van der Waals surface area contributed by atoms with Crippen LogP contribution in [0.15, 0.2) is 43.1 Å². The highest BCUT2D eigenvalue weighted by molar-refractivity contribution is 9.10. The number of carbonyl (C=O) groups excluding carboxylic acids is 1. The van der Waals surface area contributed by atoms with E-state index >= 15 is 0 Å². The van der Waals surface area contributed by atoms with Crippen molar-refractivity contribution in [3.05, 3.63) is 60.0 Å². The second kappa shape index (κ2) is 7.73. The van der Waals surface area contributed by atoms with Gasteiger partial charge in [-0.05, 0) is 54.9 Å². The van der Waals surface area contributed by atoms with Crippen molar-refractivity contribution in [3.63, 3.8) is 0 Å². The summed E-state index contributed by atoms with van der Waals surface area (Å²) >= 11 is 6.81. The molecule has 0 aliphatic rings. The van der Waals surface area contributed by atoms with Crippen molar-refractivity contribution >= 4 is 60.0 Å². The fraction of sp³-hybridized carbons (Fsp3) is 0.333. The predicted octanol–water partition coefficient (Wildman–Crippen LogP) is 3.74. The number of hydrogen-bond donors (Lipinski definition) is 0. The molecule has 0 radical (unpaired) electrons. The minimum atomic E-state index is -0.718. The molecule has 0 saturated heterocycles. The molecule has 0 aliphatic heterocycles. The van der Waals surface area contributed by atoms with Gasteiger partial charge in [0.05, 0.1) is 17.8 Å². The molecule has 0 aliphatic carbocycles. The van der Waals surface area contributed by atoms with Gasteiger partial charge in [-0.25, -0.2) is 19.1 Å². The Morgan fingerprint density at radius 3 is 2.47 bits per heavy atom. The molecule has 3 heterocycles. The molecule has 0 spiro atoms. The highest BCUT2D eigenvalue weighted by Gasteiger charge is 2.25. The van der Waals surface area contributed by atoms with Crippen LogP contribution in [0.2, 0.25) is 0 Å². The highest BCUT2D eigenvalue weighted by atomic mass is 79.9. The smallest absolute Gasteiger partial charge is 0.419 e. The first-order chi connectivity index (χ1) is 14.9. The first kappa shape index (κ1) is 22.5. The Morgan fingerprint density at radius 1 is 1.12 bits per heavy atom. The van der Waals surface area contributed by atoms with E-state index in [9.17, 15) is 14.4 Å². The molecule has 0 N–H and O–H groups in total. The molecule has 0 bridgehead atoms. The van der Waals surface area contributed by atoms with Crippen LogP contribution in [0.5, 0.6) is 0 Å². The number of imidazole rings is 1. The molecule has 0 amide bonds. The third kappa shape index (κ3) is 3.62. The van der Waals surface area contributed by atoms with Gasteiger partial charge in [0.25, 0.3) is 5.56 Å². The van der Waals surface area contributed by atoms with Crippen LogP contribution in [-0.4, -0.2) is 34.9 Å². The van der Waals surface area contributed by atoms with E-state index < -0.39 is 22.9 Å². The zero-order valence-electron chi connectivity index (χ0n) is 18.1. The number of carbonyl (C=O) groups is 1. The quantitative estimate of drug-likeness (QED) is 0.345. The average Bonchev–Trinajstić information content (AvgIpc) is 3.21. The lowest BCUT2D eigenvalue weighted by Gasteiger charge is -2.21. The van der Waals surface area contributed by atoms with Crippen molar-refractivity contribution in [2.24, 2.45) is 14.1 Å². The molecule has 3 aromatic heterocycles. The molecule has 9 nitrogen and oxygen atoms in total. The van der Waals surface area contributed by atoms with Crippen LogP contribution in [-0.2, 0) is 25.4 Å². The molecule has 0 atom stereocenters. The summed E-state index contributed by atoms with van der Waals surface area (Å²) in [6, 6.07) is 7.23. The summed E-state index contributed by atoms with van der Waals surface area (Å²) < 4.78 is 12.2. The second-order valence-corrected chi connectivity index (χ2v) is 10.0. The van der Waals surface area contributed by atoms with Gasteiger partial charge in [0.15, 0.2) is 15.9 Å². The average molecular weight is 567 g/mol. The molecule has 11 heteroatoms. The zero-order chi connectivity index (χ0) is 23.5. The first-order valence-corrected chi connectivity index (χ1v) is 11.3. The van der Waals surface area contributed by atoms with Crippen molar-refractivity contribution in [1.29, 1.82) is 0 Å². The lowest BCUT2D eigenvalue weighted by molar-refractivity contribution is 0.0540. The van der Waals surface area contributed by atoms with Crippen molar-refractivity contribution < 1.29 is 9.53 Å². The van der Waals surface area contributed by atoms with Gasteiger partial charge in [-0.2, -0.15) is 0 Å². The highest BCUT2D eigenvalue weighted by Crippen LogP contribution is 2.28. The summed E-state index contributed by atoms with van der Waals surface area (Å²) in [4.78, 5) is 43.7. The van der Waals surface area contributed by atoms with Gasteiger partial charge in [0.2, 0.25) is 0 Å². The van der Waals surface area contributed by atoms with Gasteiger partial charge in [-0.3, -0.25) is 13.9 Å². The lowest BCUT2D eigenvalue weighted by Crippen LogP contribution is -2.40. The Kier molecular flexibility index (Phi) is 5.44. The topological polar surface area (TPSA) is 93.1 Å². The number of fused-ring (bicyclic) bond motifs is 2. The van der Waals surface area contributed by atoms with Crippen LogP contribution in [0.1, 0.15) is 26.5 Å². The predicted molar refractivity (Wildman–Crippen MR) is 128 cm³/mol. The maximum atomic E-state index is 13.3. The maximum absolute atomic E-state index is 13.3. The third-order valence-corrected chi connectivity index (χ3v) is 6.47. The van der Waals surface area contributed by atoms with Crippen molar-refractivity contribution in [2.45, 2.75) is 32.9 Å². The van der Waals surface area contributed by atoms with Crippen LogP contribution in [0.25, 0.3) is 22.1 Å². The van der Waals surface area contributed by atoms with Crippen LogP contribution >= 0.6 is 31.9 Å². The van der Waals surface area contributed by atoms with Crippen molar-refractivity contribution in [2.75, 3.05) is 0 Å². The summed E-state index contributed by atoms with van der Waals surface area (Å²) in [5.41, 5.74) is -0.138. The minimum absolute atomic E-state index is 0.120. The van der Waals surface area contributed by atoms with Crippen molar-refractivity contribution in [3.8, 4) is 0 Å². The van der Waals surface area contributed by atoms with E-state index in [1.165, 1.54) is 9.13 Å². The van der Waals surface area contributed by atoms with Gasteiger partial charge in [-0.15, -0.1) is 0 Å². The Morgan fingerprint density at radius 2 is 1.81 bits per heavy atom. The SMILES string of the molecule is Cn1c(Br)nc2c1c(=O)n(Cc1cc3c(Br)cccc3n1C(=O)OC(C)(C)C)c(=O)n2C. The standard InChI is InChI=1S/C21H21Br2N5O4/c1-21(2,3)32-20(31)28-11(9-12-13(22)7-6-8-14(12)28)10-27-17(29)15-16(26(5)19(27)30)24-18(23)25(15)4/h6-9H,10H2,1-5H3. The van der Waals surface area contributed by atoms with Gasteiger partial charge in [0, 0.05) is 24.0 Å². The van der Waals surface area contributed by atoms with Crippen LogP contribution < -0.4 is 11.2 Å². The van der Waals surface area contributed by atoms with Crippen LogP contribution in [0.4, 0.5) is 4.79 Å². The van der Waals surface area contributed by atoms with Crippen LogP contribution in [0, 0.1) is 0 Å². The molecular weight excluding hydrogens is 546 g/mol. The zero-order valence-corrected chi connectivity index (χ0v) is 21.3. The molecular formula is C21H21Br2N5O4. The largest absolute Gasteiger partial charge is 0.443 e. The molecule has 1 aromatic carbocycles. The number of halogens is 2. The van der Waals surface area contributed by atoms with Crippen LogP contribution in [0.3, 0.4) is 0 Å². The fourth-order valence-electron chi connectivity index (χ4n) is 3.61. The Balaban J connectivity index is 1.97. The normalized spacial score (nSPS) is 12.1. The molecule has 32 heavy (non-hydrogen) atoms.